The highest BCUT2D eigenvalue weighted by Gasteiger charge is 2.14. The lowest BCUT2D eigenvalue weighted by Gasteiger charge is -2.11. The van der Waals surface area contributed by atoms with Crippen LogP contribution in [0.15, 0.2) is 53.2 Å². The molecule has 1 aromatic heterocycles. The smallest absolute Gasteiger partial charge is 0.338 e. The molecule has 126 valence electrons. The minimum atomic E-state index is -0.407. The van der Waals surface area contributed by atoms with Gasteiger partial charge in [-0.25, -0.2) is 4.79 Å². The molecule has 2 aromatic rings. The molecule has 5 heteroatoms. The van der Waals surface area contributed by atoms with Crippen LogP contribution in [0.2, 0.25) is 0 Å². The summed E-state index contributed by atoms with van der Waals surface area (Å²) in [6.07, 6.45) is 3.43. The molecule has 0 aliphatic carbocycles. The normalized spacial score (nSPS) is 12.5. The number of ether oxygens (including phenoxy) is 1. The summed E-state index contributed by atoms with van der Waals surface area (Å²) < 4.78 is 10.2. The second kappa shape index (κ2) is 8.15. The Morgan fingerprint density at radius 3 is 2.50 bits per heavy atom. The standard InChI is InChI=1S/C19H21NO4/c1-13(12-20-14(2)21)11-17(19(22)23-3)15-6-8-16(9-7-15)18-5-4-10-24-18/h4-11,13H,12H2,1-3H3,(H,20,21)/b17-11-. The van der Waals surface area contributed by atoms with Crippen molar-refractivity contribution in [3.8, 4) is 11.3 Å². The summed E-state index contributed by atoms with van der Waals surface area (Å²) >= 11 is 0. The Balaban J connectivity index is 2.24. The highest BCUT2D eigenvalue weighted by Crippen LogP contribution is 2.24. The number of furan rings is 1. The Labute approximate surface area is 141 Å². The maximum absolute atomic E-state index is 12.1. The summed E-state index contributed by atoms with van der Waals surface area (Å²) in [5, 5.41) is 2.74. The fourth-order valence-electron chi connectivity index (χ4n) is 2.30. The average Bonchev–Trinajstić information content (AvgIpc) is 3.12. The van der Waals surface area contributed by atoms with Crippen molar-refractivity contribution in [2.75, 3.05) is 13.7 Å². The molecule has 1 amide bonds. The van der Waals surface area contributed by atoms with Gasteiger partial charge >= 0.3 is 5.97 Å². The molecule has 0 radical (unpaired) electrons. The van der Waals surface area contributed by atoms with Gasteiger partial charge in [-0.2, -0.15) is 0 Å². The van der Waals surface area contributed by atoms with Crippen molar-refractivity contribution in [2.45, 2.75) is 13.8 Å². The summed E-state index contributed by atoms with van der Waals surface area (Å²) in [5.41, 5.74) is 2.16. The molecule has 1 unspecified atom stereocenters. The molecule has 1 N–H and O–H groups in total. The van der Waals surface area contributed by atoms with Crippen LogP contribution in [0.4, 0.5) is 0 Å². The van der Waals surface area contributed by atoms with Gasteiger partial charge in [-0.1, -0.05) is 37.3 Å². The van der Waals surface area contributed by atoms with Gasteiger partial charge < -0.3 is 14.5 Å². The zero-order valence-electron chi connectivity index (χ0n) is 14.0. The molecule has 2 rings (SSSR count). The molecule has 0 bridgehead atoms. The van der Waals surface area contributed by atoms with E-state index in [1.807, 2.05) is 49.4 Å². The topological polar surface area (TPSA) is 68.5 Å². The van der Waals surface area contributed by atoms with Crippen LogP contribution in [-0.2, 0) is 14.3 Å². The second-order valence-corrected chi connectivity index (χ2v) is 5.54. The number of hydrogen-bond donors (Lipinski definition) is 1. The van der Waals surface area contributed by atoms with Crippen LogP contribution in [0.3, 0.4) is 0 Å². The second-order valence-electron chi connectivity index (χ2n) is 5.54. The number of esters is 1. The van der Waals surface area contributed by atoms with Crippen LogP contribution >= 0.6 is 0 Å². The predicted molar refractivity (Wildman–Crippen MR) is 92.0 cm³/mol. The third kappa shape index (κ3) is 4.59. The molecule has 0 spiro atoms. The third-order valence-electron chi connectivity index (χ3n) is 3.53. The van der Waals surface area contributed by atoms with Crippen molar-refractivity contribution in [1.29, 1.82) is 0 Å². The Morgan fingerprint density at radius 1 is 1.25 bits per heavy atom. The Hall–Kier alpha value is -2.82. The molecular weight excluding hydrogens is 306 g/mol. The fourth-order valence-corrected chi connectivity index (χ4v) is 2.30. The van der Waals surface area contributed by atoms with Gasteiger partial charge in [0.15, 0.2) is 0 Å². The molecule has 24 heavy (non-hydrogen) atoms. The van der Waals surface area contributed by atoms with E-state index in [9.17, 15) is 9.59 Å². The van der Waals surface area contributed by atoms with Crippen LogP contribution < -0.4 is 5.32 Å². The van der Waals surface area contributed by atoms with Gasteiger partial charge in [0, 0.05) is 19.0 Å². The van der Waals surface area contributed by atoms with E-state index in [4.69, 9.17) is 9.15 Å². The summed E-state index contributed by atoms with van der Waals surface area (Å²) in [6, 6.07) is 11.2. The summed E-state index contributed by atoms with van der Waals surface area (Å²) in [5.74, 6) is 0.255. The number of hydrogen-bond acceptors (Lipinski definition) is 4. The molecule has 0 aliphatic rings. The van der Waals surface area contributed by atoms with E-state index < -0.39 is 5.97 Å². The first-order valence-electron chi connectivity index (χ1n) is 7.70. The van der Waals surface area contributed by atoms with Gasteiger partial charge in [0.1, 0.15) is 5.76 Å². The van der Waals surface area contributed by atoms with Crippen LogP contribution in [0.5, 0.6) is 0 Å². The minimum absolute atomic E-state index is 0.00671. The number of amides is 1. The summed E-state index contributed by atoms with van der Waals surface area (Å²) in [7, 11) is 1.35. The van der Waals surface area contributed by atoms with Gasteiger partial charge in [0.05, 0.1) is 18.9 Å². The monoisotopic (exact) mass is 327 g/mol. The Kier molecular flexibility index (Phi) is 5.95. The number of carbonyl (C=O) groups is 2. The fraction of sp³-hybridized carbons (Fsp3) is 0.263. The van der Waals surface area contributed by atoms with Gasteiger partial charge in [0.25, 0.3) is 0 Å². The van der Waals surface area contributed by atoms with Crippen molar-refractivity contribution in [1.82, 2.24) is 5.32 Å². The van der Waals surface area contributed by atoms with E-state index in [2.05, 4.69) is 5.32 Å². The van der Waals surface area contributed by atoms with E-state index in [0.29, 0.717) is 12.1 Å². The zero-order chi connectivity index (χ0) is 17.5. The van der Waals surface area contributed by atoms with Gasteiger partial charge in [-0.3, -0.25) is 4.79 Å². The highest BCUT2D eigenvalue weighted by molar-refractivity contribution is 6.16. The van der Waals surface area contributed by atoms with E-state index in [0.717, 1.165) is 16.9 Å². The van der Waals surface area contributed by atoms with Crippen molar-refractivity contribution >= 4 is 17.4 Å². The molecule has 0 saturated carbocycles. The first-order chi connectivity index (χ1) is 11.5. The number of benzene rings is 1. The third-order valence-corrected chi connectivity index (χ3v) is 3.53. The number of rotatable bonds is 6. The van der Waals surface area contributed by atoms with Crippen molar-refractivity contribution in [2.24, 2.45) is 5.92 Å². The predicted octanol–water partition coefficient (Wildman–Crippen LogP) is 3.28. The van der Waals surface area contributed by atoms with E-state index in [1.165, 1.54) is 14.0 Å². The average molecular weight is 327 g/mol. The van der Waals surface area contributed by atoms with E-state index >= 15 is 0 Å². The van der Waals surface area contributed by atoms with E-state index in [1.54, 1.807) is 6.26 Å². The molecule has 0 aliphatic heterocycles. The molecule has 0 saturated heterocycles. The van der Waals surface area contributed by atoms with Crippen LogP contribution in [0.1, 0.15) is 19.4 Å². The first kappa shape index (κ1) is 17.5. The SMILES string of the molecule is COC(=O)/C(=C\C(C)CNC(C)=O)c1ccc(-c2ccco2)cc1. The zero-order valence-corrected chi connectivity index (χ0v) is 14.0. The van der Waals surface area contributed by atoms with Crippen LogP contribution in [0.25, 0.3) is 16.9 Å². The Morgan fingerprint density at radius 2 is 1.96 bits per heavy atom. The number of nitrogens with one attached hydrogen (secondary N) is 1. The molecule has 1 atom stereocenters. The highest BCUT2D eigenvalue weighted by atomic mass is 16.5. The van der Waals surface area contributed by atoms with Gasteiger partial charge in [-0.05, 0) is 23.6 Å². The largest absolute Gasteiger partial charge is 0.465 e. The Bertz CT molecular complexity index is 714. The van der Waals surface area contributed by atoms with Crippen molar-refractivity contribution < 1.29 is 18.7 Å². The molecule has 1 aromatic carbocycles. The maximum Gasteiger partial charge on any atom is 0.338 e. The lowest BCUT2D eigenvalue weighted by Crippen LogP contribution is -2.25. The van der Waals surface area contributed by atoms with Crippen LogP contribution in [0, 0.1) is 5.92 Å². The number of methoxy groups -OCH3 is 1. The first-order valence-corrected chi connectivity index (χ1v) is 7.70. The van der Waals surface area contributed by atoms with Crippen molar-refractivity contribution in [3.05, 3.63) is 54.3 Å². The molecule has 0 fully saturated rings. The lowest BCUT2D eigenvalue weighted by atomic mass is 9.99. The maximum atomic E-state index is 12.1. The lowest BCUT2D eigenvalue weighted by molar-refractivity contribution is -0.133. The quantitative estimate of drug-likeness (QED) is 0.653. The van der Waals surface area contributed by atoms with Gasteiger partial charge in [-0.15, -0.1) is 0 Å². The minimum Gasteiger partial charge on any atom is -0.465 e. The van der Waals surface area contributed by atoms with Crippen LogP contribution in [-0.4, -0.2) is 25.5 Å². The summed E-state index contributed by atoms with van der Waals surface area (Å²) in [6.45, 7) is 3.85. The van der Waals surface area contributed by atoms with E-state index in [-0.39, 0.29) is 11.8 Å². The van der Waals surface area contributed by atoms with Crippen molar-refractivity contribution in [3.63, 3.8) is 0 Å². The van der Waals surface area contributed by atoms with Gasteiger partial charge in [0.2, 0.25) is 5.91 Å². The molecular formula is C19H21NO4. The molecule has 5 nitrogen and oxygen atoms in total. The summed E-state index contributed by atoms with van der Waals surface area (Å²) in [4.78, 5) is 23.1. The molecule has 1 heterocycles. The number of carbonyl (C=O) groups excluding carboxylic acids is 2.